The minimum atomic E-state index is -0.234. The summed E-state index contributed by atoms with van der Waals surface area (Å²) >= 11 is 2.60. The fourth-order valence-electron chi connectivity index (χ4n) is 2.66. The lowest BCUT2D eigenvalue weighted by Crippen LogP contribution is -2.18. The molecule has 2 heterocycles. The van der Waals surface area contributed by atoms with Crippen molar-refractivity contribution in [3.05, 3.63) is 64.3 Å². The lowest BCUT2D eigenvalue weighted by molar-refractivity contribution is -0.113. The zero-order valence-corrected chi connectivity index (χ0v) is 17.4. The van der Waals surface area contributed by atoms with Crippen molar-refractivity contribution in [1.82, 2.24) is 9.97 Å². The maximum Gasteiger partial charge on any atom is 0.258 e. The van der Waals surface area contributed by atoms with Crippen molar-refractivity contribution >= 4 is 45.7 Å². The molecule has 8 heteroatoms. The van der Waals surface area contributed by atoms with Gasteiger partial charge in [-0.3, -0.25) is 9.59 Å². The van der Waals surface area contributed by atoms with Crippen LogP contribution >= 0.6 is 23.1 Å². The maximum atomic E-state index is 12.9. The van der Waals surface area contributed by atoms with Gasteiger partial charge in [0.05, 0.1) is 11.3 Å². The molecule has 0 atom stereocenters. The summed E-state index contributed by atoms with van der Waals surface area (Å²) in [6.45, 7) is 5.69. The molecule has 0 saturated carbocycles. The highest BCUT2D eigenvalue weighted by atomic mass is 32.2. The number of hydrogen-bond acceptors (Lipinski definition) is 6. The van der Waals surface area contributed by atoms with Gasteiger partial charge in [0.15, 0.2) is 5.13 Å². The normalized spacial score (nSPS) is 10.5. The summed E-state index contributed by atoms with van der Waals surface area (Å²) in [5.74, 6) is -0.284. The molecule has 0 bridgehead atoms. The van der Waals surface area contributed by atoms with E-state index < -0.39 is 0 Å². The summed E-state index contributed by atoms with van der Waals surface area (Å²) < 4.78 is 0. The van der Waals surface area contributed by atoms with Crippen molar-refractivity contribution in [3.63, 3.8) is 0 Å². The van der Waals surface area contributed by atoms with Crippen LogP contribution in [0.3, 0.4) is 0 Å². The van der Waals surface area contributed by atoms with Crippen LogP contribution in [0.25, 0.3) is 0 Å². The molecule has 144 valence electrons. The van der Waals surface area contributed by atoms with Crippen LogP contribution in [0.15, 0.2) is 46.9 Å². The van der Waals surface area contributed by atoms with E-state index in [1.807, 2.05) is 51.1 Å². The Labute approximate surface area is 171 Å². The first-order chi connectivity index (χ1) is 13.4. The lowest BCUT2D eigenvalue weighted by atomic mass is 10.1. The fourth-order valence-corrected chi connectivity index (χ4v) is 4.15. The zero-order chi connectivity index (χ0) is 20.1. The first-order valence-corrected chi connectivity index (χ1v) is 10.5. The summed E-state index contributed by atoms with van der Waals surface area (Å²) in [6, 6.07) is 9.47. The van der Waals surface area contributed by atoms with Gasteiger partial charge in [-0.25, -0.2) is 9.97 Å². The summed E-state index contributed by atoms with van der Waals surface area (Å²) in [6.07, 6.45) is 1.63. The largest absolute Gasteiger partial charge is 0.322 e. The molecule has 0 aliphatic heterocycles. The van der Waals surface area contributed by atoms with Crippen LogP contribution in [0.4, 0.5) is 10.8 Å². The SMILES string of the molecule is Cc1cc(C)c(C(=O)Nc2ccccc2C)c(SCC(=O)Nc2nccs2)n1. The van der Waals surface area contributed by atoms with Gasteiger partial charge in [0.1, 0.15) is 5.03 Å². The van der Waals surface area contributed by atoms with E-state index in [0.717, 1.165) is 22.5 Å². The number of para-hydroxylation sites is 1. The number of amides is 2. The van der Waals surface area contributed by atoms with Gasteiger partial charge in [0.25, 0.3) is 5.91 Å². The molecule has 0 aliphatic carbocycles. The summed E-state index contributed by atoms with van der Waals surface area (Å²) in [5, 5.41) is 8.57. The van der Waals surface area contributed by atoms with Gasteiger partial charge < -0.3 is 10.6 Å². The molecular formula is C20H20N4O2S2. The zero-order valence-electron chi connectivity index (χ0n) is 15.8. The van der Waals surface area contributed by atoms with Crippen LogP contribution in [0.2, 0.25) is 0 Å². The van der Waals surface area contributed by atoms with Gasteiger partial charge >= 0.3 is 0 Å². The number of anilines is 2. The Hall–Kier alpha value is -2.71. The number of carbonyl (C=O) groups excluding carboxylic acids is 2. The highest BCUT2D eigenvalue weighted by Gasteiger charge is 2.19. The molecule has 0 spiro atoms. The minimum absolute atomic E-state index is 0.139. The molecule has 0 fully saturated rings. The third-order valence-electron chi connectivity index (χ3n) is 3.95. The predicted octanol–water partition coefficient (Wildman–Crippen LogP) is 4.45. The maximum absolute atomic E-state index is 12.9. The summed E-state index contributed by atoms with van der Waals surface area (Å²) in [7, 11) is 0. The number of aryl methyl sites for hydroxylation is 3. The first-order valence-electron chi connectivity index (χ1n) is 8.61. The van der Waals surface area contributed by atoms with Gasteiger partial charge in [0, 0.05) is 23.0 Å². The van der Waals surface area contributed by atoms with Crippen molar-refractivity contribution < 1.29 is 9.59 Å². The van der Waals surface area contributed by atoms with E-state index >= 15 is 0 Å². The van der Waals surface area contributed by atoms with Crippen LogP contribution < -0.4 is 10.6 Å². The van der Waals surface area contributed by atoms with E-state index in [9.17, 15) is 9.59 Å². The van der Waals surface area contributed by atoms with Gasteiger partial charge in [-0.2, -0.15) is 0 Å². The number of nitrogens with one attached hydrogen (secondary N) is 2. The van der Waals surface area contributed by atoms with E-state index in [-0.39, 0.29) is 17.6 Å². The van der Waals surface area contributed by atoms with Crippen molar-refractivity contribution in [3.8, 4) is 0 Å². The van der Waals surface area contributed by atoms with Crippen LogP contribution in [0, 0.1) is 20.8 Å². The molecule has 0 unspecified atom stereocenters. The van der Waals surface area contributed by atoms with Gasteiger partial charge in [-0.05, 0) is 44.0 Å². The van der Waals surface area contributed by atoms with E-state index in [1.165, 1.54) is 23.1 Å². The van der Waals surface area contributed by atoms with E-state index in [1.54, 1.807) is 11.6 Å². The van der Waals surface area contributed by atoms with Crippen molar-refractivity contribution in [1.29, 1.82) is 0 Å². The molecule has 2 aromatic heterocycles. The van der Waals surface area contributed by atoms with E-state index in [0.29, 0.717) is 15.7 Å². The molecule has 1 aromatic carbocycles. The number of hydrogen-bond donors (Lipinski definition) is 2. The standard InChI is InChI=1S/C20H20N4O2S2/c1-12-6-4-5-7-15(12)23-18(26)17-13(2)10-14(3)22-19(17)28-11-16(25)24-20-21-8-9-27-20/h4-10H,11H2,1-3H3,(H,23,26)(H,21,24,25). The quantitative estimate of drug-likeness (QED) is 0.585. The van der Waals surface area contributed by atoms with Gasteiger partial charge in [-0.15, -0.1) is 11.3 Å². The molecule has 2 N–H and O–H groups in total. The second-order valence-corrected chi connectivity index (χ2v) is 8.06. The highest BCUT2D eigenvalue weighted by molar-refractivity contribution is 8.00. The molecular weight excluding hydrogens is 392 g/mol. The first kappa shape index (κ1) is 20.0. The van der Waals surface area contributed by atoms with Crippen LogP contribution in [-0.4, -0.2) is 27.5 Å². The highest BCUT2D eigenvalue weighted by Crippen LogP contribution is 2.26. The topological polar surface area (TPSA) is 84.0 Å². The third-order valence-corrected chi connectivity index (χ3v) is 5.61. The van der Waals surface area contributed by atoms with Crippen molar-refractivity contribution in [2.24, 2.45) is 0 Å². The Morgan fingerprint density at radius 1 is 1.11 bits per heavy atom. The van der Waals surface area contributed by atoms with Gasteiger partial charge in [0.2, 0.25) is 5.91 Å². The van der Waals surface area contributed by atoms with Crippen molar-refractivity contribution in [2.75, 3.05) is 16.4 Å². The Kier molecular flexibility index (Phi) is 6.43. The second-order valence-electron chi connectivity index (χ2n) is 6.20. The smallest absolute Gasteiger partial charge is 0.258 e. The van der Waals surface area contributed by atoms with Crippen LogP contribution in [0.1, 0.15) is 27.2 Å². The number of thiazole rings is 1. The lowest BCUT2D eigenvalue weighted by Gasteiger charge is -2.14. The fraction of sp³-hybridized carbons (Fsp3) is 0.200. The number of benzene rings is 1. The molecule has 0 aliphatic rings. The van der Waals surface area contributed by atoms with Crippen LogP contribution in [0.5, 0.6) is 0 Å². The Morgan fingerprint density at radius 2 is 1.89 bits per heavy atom. The number of rotatable bonds is 6. The molecule has 6 nitrogen and oxygen atoms in total. The Morgan fingerprint density at radius 3 is 2.61 bits per heavy atom. The summed E-state index contributed by atoms with van der Waals surface area (Å²) in [4.78, 5) is 33.7. The number of aromatic nitrogens is 2. The number of pyridine rings is 1. The van der Waals surface area contributed by atoms with E-state index in [4.69, 9.17) is 0 Å². The second kappa shape index (κ2) is 8.99. The van der Waals surface area contributed by atoms with Gasteiger partial charge in [-0.1, -0.05) is 30.0 Å². The Balaban J connectivity index is 1.78. The predicted molar refractivity (Wildman–Crippen MR) is 114 cm³/mol. The molecule has 2 amide bonds. The molecule has 3 rings (SSSR count). The van der Waals surface area contributed by atoms with Crippen molar-refractivity contribution in [2.45, 2.75) is 25.8 Å². The van der Waals surface area contributed by atoms with E-state index in [2.05, 4.69) is 20.6 Å². The third kappa shape index (κ3) is 4.96. The number of nitrogens with zero attached hydrogens (tertiary/aromatic N) is 2. The van der Waals surface area contributed by atoms with Crippen LogP contribution in [-0.2, 0) is 4.79 Å². The molecule has 28 heavy (non-hydrogen) atoms. The number of thioether (sulfide) groups is 1. The minimum Gasteiger partial charge on any atom is -0.322 e. The molecule has 3 aromatic rings. The Bertz CT molecular complexity index is 1000. The average molecular weight is 413 g/mol. The molecule has 0 radical (unpaired) electrons. The average Bonchev–Trinajstić information content (AvgIpc) is 3.14. The monoisotopic (exact) mass is 412 g/mol. The molecule has 0 saturated heterocycles. The number of carbonyl (C=O) groups is 2. The summed E-state index contributed by atoms with van der Waals surface area (Å²) in [5.41, 5.74) is 3.84.